The first-order chi connectivity index (χ1) is 11.6. The van der Waals surface area contributed by atoms with Crippen molar-refractivity contribution in [2.45, 2.75) is 37.8 Å². The van der Waals surface area contributed by atoms with Gasteiger partial charge in [0.15, 0.2) is 0 Å². The normalized spacial score (nSPS) is 25.0. The fourth-order valence-corrected chi connectivity index (χ4v) is 3.81. The Balaban J connectivity index is 1.40. The Labute approximate surface area is 148 Å². The third kappa shape index (κ3) is 4.21. The van der Waals surface area contributed by atoms with Gasteiger partial charge in [-0.2, -0.15) is 0 Å². The van der Waals surface area contributed by atoms with Crippen molar-refractivity contribution in [3.63, 3.8) is 0 Å². The van der Waals surface area contributed by atoms with Gasteiger partial charge in [0.05, 0.1) is 24.2 Å². The molecule has 1 aromatic rings. The molecule has 5 nitrogen and oxygen atoms in total. The van der Waals surface area contributed by atoms with Crippen molar-refractivity contribution < 1.29 is 14.6 Å². The van der Waals surface area contributed by atoms with Gasteiger partial charge in [-0.05, 0) is 31.4 Å². The lowest BCUT2D eigenvalue weighted by atomic mass is 10.1. The van der Waals surface area contributed by atoms with Gasteiger partial charge in [-0.25, -0.2) is 0 Å². The van der Waals surface area contributed by atoms with Crippen LogP contribution in [0.2, 0.25) is 5.02 Å². The van der Waals surface area contributed by atoms with Crippen LogP contribution < -0.4 is 4.74 Å². The van der Waals surface area contributed by atoms with Crippen LogP contribution in [0.4, 0.5) is 0 Å². The zero-order chi connectivity index (χ0) is 16.9. The standard InChI is InChI=1S/C18H25ClN2O3/c19-14-4-1-2-7-17(14)24-13-8-18(23)21-11-9-20(10-12-21)15-5-3-6-16(15)22/h1-2,4,7,15-16,22H,3,5-6,8-13H2/t15-,16-/m1/s1. The number of hydrogen-bond acceptors (Lipinski definition) is 4. The van der Waals surface area contributed by atoms with E-state index < -0.39 is 0 Å². The second-order valence-electron chi connectivity index (χ2n) is 6.51. The van der Waals surface area contributed by atoms with Gasteiger partial charge in [-0.1, -0.05) is 23.7 Å². The predicted octanol–water partition coefficient (Wildman–Crippen LogP) is 2.17. The molecule has 0 radical (unpaired) electrons. The number of carbonyl (C=O) groups is 1. The fourth-order valence-electron chi connectivity index (χ4n) is 3.62. The number of aliphatic hydroxyl groups excluding tert-OH is 1. The molecule has 1 saturated carbocycles. The molecule has 132 valence electrons. The summed E-state index contributed by atoms with van der Waals surface area (Å²) in [4.78, 5) is 16.5. The Morgan fingerprint density at radius 1 is 1.21 bits per heavy atom. The maximum atomic E-state index is 12.3. The van der Waals surface area contributed by atoms with Crippen LogP contribution in [0, 0.1) is 0 Å². The first-order valence-electron chi connectivity index (χ1n) is 8.72. The minimum absolute atomic E-state index is 0.119. The van der Waals surface area contributed by atoms with Crippen LogP contribution in [0.5, 0.6) is 5.75 Å². The highest BCUT2D eigenvalue weighted by Crippen LogP contribution is 2.25. The van der Waals surface area contributed by atoms with Gasteiger partial charge >= 0.3 is 0 Å². The lowest BCUT2D eigenvalue weighted by Crippen LogP contribution is -2.53. The zero-order valence-corrected chi connectivity index (χ0v) is 14.6. The fraction of sp³-hybridized carbons (Fsp3) is 0.611. The maximum Gasteiger partial charge on any atom is 0.226 e. The first kappa shape index (κ1) is 17.5. The summed E-state index contributed by atoms with van der Waals surface area (Å²) in [5, 5.41) is 10.6. The highest BCUT2D eigenvalue weighted by molar-refractivity contribution is 6.32. The molecule has 2 atom stereocenters. The van der Waals surface area contributed by atoms with Crippen molar-refractivity contribution in [2.24, 2.45) is 0 Å². The molecule has 1 amide bonds. The van der Waals surface area contributed by atoms with E-state index in [1.54, 1.807) is 12.1 Å². The number of nitrogens with zero attached hydrogens (tertiary/aromatic N) is 2. The van der Waals surface area contributed by atoms with E-state index in [9.17, 15) is 9.90 Å². The molecular formula is C18H25ClN2O3. The number of piperazine rings is 1. The highest BCUT2D eigenvalue weighted by atomic mass is 35.5. The van der Waals surface area contributed by atoms with Gasteiger partial charge in [0.2, 0.25) is 5.91 Å². The van der Waals surface area contributed by atoms with Crippen molar-refractivity contribution in [2.75, 3.05) is 32.8 Å². The van der Waals surface area contributed by atoms with Crippen LogP contribution in [-0.4, -0.2) is 65.7 Å². The summed E-state index contributed by atoms with van der Waals surface area (Å²) < 4.78 is 5.59. The molecule has 2 fully saturated rings. The largest absolute Gasteiger partial charge is 0.491 e. The highest BCUT2D eigenvalue weighted by Gasteiger charge is 2.33. The van der Waals surface area contributed by atoms with E-state index in [4.69, 9.17) is 16.3 Å². The number of benzene rings is 1. The van der Waals surface area contributed by atoms with Gasteiger partial charge in [-0.3, -0.25) is 9.69 Å². The van der Waals surface area contributed by atoms with Crippen LogP contribution in [0.3, 0.4) is 0 Å². The van der Waals surface area contributed by atoms with Crippen molar-refractivity contribution in [1.29, 1.82) is 0 Å². The summed E-state index contributed by atoms with van der Waals surface area (Å²) in [7, 11) is 0. The summed E-state index contributed by atoms with van der Waals surface area (Å²) in [6.45, 7) is 3.49. The molecule has 0 aromatic heterocycles. The molecule has 0 unspecified atom stereocenters. The minimum atomic E-state index is -0.198. The number of carbonyl (C=O) groups excluding carboxylic acids is 1. The molecule has 1 aliphatic carbocycles. The Kier molecular flexibility index (Phi) is 5.98. The molecule has 0 spiro atoms. The summed E-state index contributed by atoms with van der Waals surface area (Å²) in [6.07, 6.45) is 3.24. The predicted molar refractivity (Wildman–Crippen MR) is 93.4 cm³/mol. The van der Waals surface area contributed by atoms with Crippen LogP contribution in [0.1, 0.15) is 25.7 Å². The molecule has 1 aliphatic heterocycles. The van der Waals surface area contributed by atoms with Gasteiger partial charge in [0, 0.05) is 32.2 Å². The maximum absolute atomic E-state index is 12.3. The van der Waals surface area contributed by atoms with E-state index in [1.165, 1.54) is 0 Å². The van der Waals surface area contributed by atoms with Crippen LogP contribution in [0.15, 0.2) is 24.3 Å². The molecule has 24 heavy (non-hydrogen) atoms. The molecule has 1 saturated heterocycles. The van der Waals surface area contributed by atoms with E-state index in [-0.39, 0.29) is 18.1 Å². The molecule has 1 heterocycles. The second-order valence-corrected chi connectivity index (χ2v) is 6.92. The molecule has 1 aromatic carbocycles. The van der Waals surface area contributed by atoms with E-state index in [0.717, 1.165) is 45.4 Å². The average molecular weight is 353 g/mol. The Bertz CT molecular complexity index is 561. The van der Waals surface area contributed by atoms with Crippen LogP contribution in [0.25, 0.3) is 0 Å². The molecule has 0 bridgehead atoms. The van der Waals surface area contributed by atoms with Crippen molar-refractivity contribution in [1.82, 2.24) is 9.80 Å². The molecule has 1 N–H and O–H groups in total. The summed E-state index contributed by atoms with van der Waals surface area (Å²) in [6, 6.07) is 7.57. The summed E-state index contributed by atoms with van der Waals surface area (Å²) in [5.74, 6) is 0.737. The van der Waals surface area contributed by atoms with Gasteiger partial charge in [-0.15, -0.1) is 0 Å². The van der Waals surface area contributed by atoms with E-state index in [2.05, 4.69) is 4.90 Å². The third-order valence-corrected chi connectivity index (χ3v) is 5.30. The Hall–Kier alpha value is -1.30. The Morgan fingerprint density at radius 3 is 2.62 bits per heavy atom. The van der Waals surface area contributed by atoms with Gasteiger partial charge in [0.25, 0.3) is 0 Å². The average Bonchev–Trinajstić information content (AvgIpc) is 3.03. The quantitative estimate of drug-likeness (QED) is 0.882. The topological polar surface area (TPSA) is 53.0 Å². The number of rotatable bonds is 5. The molecule has 2 aliphatic rings. The van der Waals surface area contributed by atoms with Gasteiger partial charge < -0.3 is 14.7 Å². The minimum Gasteiger partial charge on any atom is -0.491 e. The zero-order valence-electron chi connectivity index (χ0n) is 13.9. The number of hydrogen-bond donors (Lipinski definition) is 1. The number of aliphatic hydroxyl groups is 1. The van der Waals surface area contributed by atoms with E-state index in [0.29, 0.717) is 23.8 Å². The summed E-state index contributed by atoms with van der Waals surface area (Å²) >= 11 is 6.03. The van der Waals surface area contributed by atoms with E-state index in [1.807, 2.05) is 17.0 Å². The first-order valence-corrected chi connectivity index (χ1v) is 9.10. The van der Waals surface area contributed by atoms with Crippen molar-refractivity contribution >= 4 is 17.5 Å². The van der Waals surface area contributed by atoms with E-state index >= 15 is 0 Å². The van der Waals surface area contributed by atoms with Gasteiger partial charge in [0.1, 0.15) is 5.75 Å². The molecule has 6 heteroatoms. The summed E-state index contributed by atoms with van der Waals surface area (Å²) in [5.41, 5.74) is 0. The lowest BCUT2D eigenvalue weighted by molar-refractivity contribution is -0.134. The number of amides is 1. The number of ether oxygens (including phenoxy) is 1. The smallest absolute Gasteiger partial charge is 0.226 e. The third-order valence-electron chi connectivity index (χ3n) is 4.99. The number of halogens is 1. The second kappa shape index (κ2) is 8.19. The molecular weight excluding hydrogens is 328 g/mol. The van der Waals surface area contributed by atoms with Crippen molar-refractivity contribution in [3.05, 3.63) is 29.3 Å². The number of para-hydroxylation sites is 1. The van der Waals surface area contributed by atoms with Crippen molar-refractivity contribution in [3.8, 4) is 5.75 Å². The van der Waals surface area contributed by atoms with Crippen LogP contribution in [-0.2, 0) is 4.79 Å². The lowest BCUT2D eigenvalue weighted by Gasteiger charge is -2.39. The SMILES string of the molecule is O=C(CCOc1ccccc1Cl)N1CCN([C@@H]2CCC[C@H]2O)CC1. The monoisotopic (exact) mass is 352 g/mol. The van der Waals surface area contributed by atoms with Crippen LogP contribution >= 0.6 is 11.6 Å². The molecule has 3 rings (SSSR count). The Morgan fingerprint density at radius 2 is 1.96 bits per heavy atom.